The number of benzene rings is 1. The predicted octanol–water partition coefficient (Wildman–Crippen LogP) is 3.14. The first-order valence-corrected chi connectivity index (χ1v) is 7.91. The molecule has 2 heterocycles. The highest BCUT2D eigenvalue weighted by Gasteiger charge is 2.16. The van der Waals surface area contributed by atoms with Gasteiger partial charge in [0.15, 0.2) is 5.75 Å². The molecule has 4 nitrogen and oxygen atoms in total. The van der Waals surface area contributed by atoms with Crippen LogP contribution in [0.2, 0.25) is 0 Å². The Morgan fingerprint density at radius 1 is 1.27 bits per heavy atom. The SMILES string of the molecule is CN1CCC=C(c2[nH]ncc2OCCCc2ccccc2)C1. The molecule has 0 bridgehead atoms. The van der Waals surface area contributed by atoms with Gasteiger partial charge in [0.25, 0.3) is 0 Å². The Morgan fingerprint density at radius 2 is 2.14 bits per heavy atom. The minimum atomic E-state index is 0.713. The lowest BCUT2D eigenvalue weighted by atomic mass is 10.1. The lowest BCUT2D eigenvalue weighted by Crippen LogP contribution is -2.25. The fourth-order valence-electron chi connectivity index (χ4n) is 2.79. The maximum absolute atomic E-state index is 5.93. The monoisotopic (exact) mass is 297 g/mol. The summed E-state index contributed by atoms with van der Waals surface area (Å²) in [4.78, 5) is 2.31. The van der Waals surface area contributed by atoms with Crippen LogP contribution < -0.4 is 4.74 Å². The van der Waals surface area contributed by atoms with Crippen LogP contribution in [0.4, 0.5) is 0 Å². The minimum Gasteiger partial charge on any atom is -0.490 e. The number of aromatic amines is 1. The van der Waals surface area contributed by atoms with Crippen LogP contribution >= 0.6 is 0 Å². The molecule has 1 aromatic heterocycles. The van der Waals surface area contributed by atoms with Gasteiger partial charge >= 0.3 is 0 Å². The third-order valence-corrected chi connectivity index (χ3v) is 3.98. The van der Waals surface area contributed by atoms with E-state index in [0.717, 1.165) is 43.8 Å². The zero-order chi connectivity index (χ0) is 15.2. The smallest absolute Gasteiger partial charge is 0.164 e. The fourth-order valence-corrected chi connectivity index (χ4v) is 2.79. The molecule has 0 saturated carbocycles. The average molecular weight is 297 g/mol. The molecule has 3 rings (SSSR count). The van der Waals surface area contributed by atoms with E-state index < -0.39 is 0 Å². The summed E-state index contributed by atoms with van der Waals surface area (Å²) in [7, 11) is 2.14. The number of aromatic nitrogens is 2. The molecular weight excluding hydrogens is 274 g/mol. The second-order valence-electron chi connectivity index (χ2n) is 5.80. The molecule has 0 aliphatic carbocycles. The molecule has 0 radical (unpaired) electrons. The van der Waals surface area contributed by atoms with E-state index in [1.54, 1.807) is 6.20 Å². The zero-order valence-corrected chi connectivity index (χ0v) is 13.1. The number of rotatable bonds is 6. The van der Waals surface area contributed by atoms with Gasteiger partial charge in [0, 0.05) is 13.1 Å². The lowest BCUT2D eigenvalue weighted by molar-refractivity contribution is 0.309. The highest BCUT2D eigenvalue weighted by atomic mass is 16.5. The molecule has 1 aliphatic rings. The molecule has 0 fully saturated rings. The van der Waals surface area contributed by atoms with Crippen LogP contribution in [0, 0.1) is 0 Å². The summed E-state index contributed by atoms with van der Waals surface area (Å²) in [5, 5.41) is 7.23. The first-order valence-electron chi connectivity index (χ1n) is 7.91. The Labute approximate surface area is 131 Å². The van der Waals surface area contributed by atoms with Crippen LogP contribution in [0.3, 0.4) is 0 Å². The topological polar surface area (TPSA) is 41.2 Å². The zero-order valence-electron chi connectivity index (χ0n) is 13.1. The molecule has 1 N–H and O–H groups in total. The van der Waals surface area contributed by atoms with Crippen LogP contribution in [0.1, 0.15) is 24.1 Å². The number of nitrogens with zero attached hydrogens (tertiary/aromatic N) is 2. The third-order valence-electron chi connectivity index (χ3n) is 3.98. The molecule has 0 amide bonds. The minimum absolute atomic E-state index is 0.713. The first-order chi connectivity index (χ1) is 10.8. The van der Waals surface area contributed by atoms with Gasteiger partial charge in [0.05, 0.1) is 12.8 Å². The molecule has 2 aromatic rings. The van der Waals surface area contributed by atoms with E-state index in [-0.39, 0.29) is 0 Å². The van der Waals surface area contributed by atoms with Gasteiger partial charge < -0.3 is 9.64 Å². The van der Waals surface area contributed by atoms with Gasteiger partial charge in [0.2, 0.25) is 0 Å². The molecule has 4 heteroatoms. The van der Waals surface area contributed by atoms with E-state index in [1.165, 1.54) is 11.1 Å². The predicted molar refractivity (Wildman–Crippen MR) is 88.9 cm³/mol. The normalized spacial score (nSPS) is 15.6. The number of aryl methyl sites for hydroxylation is 1. The van der Waals surface area contributed by atoms with Crippen LogP contribution in [0.5, 0.6) is 5.75 Å². The largest absolute Gasteiger partial charge is 0.490 e. The summed E-state index contributed by atoms with van der Waals surface area (Å²) >= 11 is 0. The summed E-state index contributed by atoms with van der Waals surface area (Å²) < 4.78 is 5.93. The Balaban J connectivity index is 1.53. The molecule has 1 aliphatic heterocycles. The molecule has 0 atom stereocenters. The van der Waals surface area contributed by atoms with Crippen molar-refractivity contribution in [2.24, 2.45) is 0 Å². The van der Waals surface area contributed by atoms with Gasteiger partial charge in [-0.15, -0.1) is 0 Å². The molecule has 0 spiro atoms. The second-order valence-corrected chi connectivity index (χ2v) is 5.80. The van der Waals surface area contributed by atoms with Gasteiger partial charge in [0.1, 0.15) is 5.69 Å². The molecule has 1 aromatic carbocycles. The number of ether oxygens (including phenoxy) is 1. The van der Waals surface area contributed by atoms with E-state index in [4.69, 9.17) is 4.74 Å². The van der Waals surface area contributed by atoms with E-state index in [9.17, 15) is 0 Å². The van der Waals surface area contributed by atoms with Crippen molar-refractivity contribution in [1.82, 2.24) is 15.1 Å². The Bertz CT molecular complexity index is 618. The van der Waals surface area contributed by atoms with E-state index in [2.05, 4.69) is 52.5 Å². The molecule has 0 saturated heterocycles. The van der Waals surface area contributed by atoms with Gasteiger partial charge in [-0.3, -0.25) is 5.10 Å². The van der Waals surface area contributed by atoms with Gasteiger partial charge in [-0.05, 0) is 37.4 Å². The van der Waals surface area contributed by atoms with Crippen molar-refractivity contribution in [3.05, 3.63) is 53.9 Å². The highest BCUT2D eigenvalue weighted by Crippen LogP contribution is 2.26. The van der Waals surface area contributed by atoms with Crippen molar-refractivity contribution in [2.75, 3.05) is 26.7 Å². The molecule has 0 unspecified atom stereocenters. The van der Waals surface area contributed by atoms with Crippen molar-refractivity contribution >= 4 is 5.57 Å². The van der Waals surface area contributed by atoms with Gasteiger partial charge in [-0.2, -0.15) is 5.10 Å². The molecular formula is C18H23N3O. The van der Waals surface area contributed by atoms with Crippen molar-refractivity contribution in [1.29, 1.82) is 0 Å². The van der Waals surface area contributed by atoms with Gasteiger partial charge in [-0.1, -0.05) is 36.4 Å². The van der Waals surface area contributed by atoms with Crippen molar-refractivity contribution in [3.63, 3.8) is 0 Å². The van der Waals surface area contributed by atoms with Crippen molar-refractivity contribution in [3.8, 4) is 5.75 Å². The third kappa shape index (κ3) is 3.77. The summed E-state index contributed by atoms with van der Waals surface area (Å²) in [6.07, 6.45) is 7.20. The number of H-pyrrole nitrogens is 1. The standard InChI is InChI=1S/C18H23N3O/c1-21-11-5-10-16(14-21)18-17(13-19-20-18)22-12-6-9-15-7-3-2-4-8-15/h2-4,7-8,10,13H,5-6,9,11-12,14H2,1H3,(H,19,20). The molecule has 116 valence electrons. The maximum atomic E-state index is 5.93. The van der Waals surface area contributed by atoms with E-state index >= 15 is 0 Å². The summed E-state index contributed by atoms with van der Waals surface area (Å²) in [6, 6.07) is 10.5. The Hall–Kier alpha value is -2.07. The van der Waals surface area contributed by atoms with E-state index in [1.807, 2.05) is 6.07 Å². The Morgan fingerprint density at radius 3 is 2.95 bits per heavy atom. The number of nitrogens with one attached hydrogen (secondary N) is 1. The van der Waals surface area contributed by atoms with Crippen LogP contribution in [0.15, 0.2) is 42.6 Å². The summed E-state index contributed by atoms with van der Waals surface area (Å²) in [5.41, 5.74) is 3.67. The highest BCUT2D eigenvalue weighted by molar-refractivity contribution is 5.69. The van der Waals surface area contributed by atoms with Crippen LogP contribution in [-0.2, 0) is 6.42 Å². The fraction of sp³-hybridized carbons (Fsp3) is 0.389. The van der Waals surface area contributed by atoms with Crippen molar-refractivity contribution in [2.45, 2.75) is 19.3 Å². The van der Waals surface area contributed by atoms with Crippen molar-refractivity contribution < 1.29 is 4.74 Å². The molecule has 22 heavy (non-hydrogen) atoms. The van der Waals surface area contributed by atoms with Crippen LogP contribution in [0.25, 0.3) is 5.57 Å². The Kier molecular flexibility index (Phi) is 4.91. The number of hydrogen-bond acceptors (Lipinski definition) is 3. The summed E-state index contributed by atoms with van der Waals surface area (Å²) in [5.74, 6) is 0.870. The van der Waals surface area contributed by atoms with Crippen LogP contribution in [-0.4, -0.2) is 41.8 Å². The second kappa shape index (κ2) is 7.27. The lowest BCUT2D eigenvalue weighted by Gasteiger charge is -2.22. The first kappa shape index (κ1) is 14.9. The van der Waals surface area contributed by atoms with Gasteiger partial charge in [-0.25, -0.2) is 0 Å². The maximum Gasteiger partial charge on any atom is 0.164 e. The number of likely N-dealkylation sites (N-methyl/N-ethyl adjacent to an activating group) is 1. The van der Waals surface area contributed by atoms with E-state index in [0.29, 0.717) is 6.61 Å². The number of hydrogen-bond donors (Lipinski definition) is 1. The summed E-state index contributed by atoms with van der Waals surface area (Å²) in [6.45, 7) is 2.78. The average Bonchev–Trinajstić information content (AvgIpc) is 3.01. The quantitative estimate of drug-likeness (QED) is 0.833.